The number of carboxylic acids is 2. The van der Waals surface area contributed by atoms with E-state index in [1.807, 2.05) is 0 Å². The number of carbonyl (C=O) groups is 3. The summed E-state index contributed by atoms with van der Waals surface area (Å²) in [4.78, 5) is 35.2. The molecule has 1 aliphatic heterocycles. The van der Waals surface area contributed by atoms with Crippen LogP contribution in [-0.2, 0) is 14.4 Å². The van der Waals surface area contributed by atoms with Crippen LogP contribution in [0.4, 0.5) is 4.39 Å². The first-order valence-electron chi connectivity index (χ1n) is 6.27. The molecular weight excluding hydrogens is 345 g/mol. The molecule has 1 aromatic carbocycles. The van der Waals surface area contributed by atoms with Gasteiger partial charge in [0.05, 0.1) is 11.3 Å². The molecule has 0 bridgehead atoms. The normalized spacial score (nSPS) is 17.6. The highest BCUT2D eigenvalue weighted by atomic mass is 32.2. The highest BCUT2D eigenvalue weighted by molar-refractivity contribution is 8.26. The third kappa shape index (κ3) is 3.93. The number of carbonyl (C=O) groups excluding carboxylic acids is 1. The van der Waals surface area contributed by atoms with Gasteiger partial charge in [-0.15, -0.1) is 0 Å². The van der Waals surface area contributed by atoms with Crippen molar-refractivity contribution in [2.24, 2.45) is 0 Å². The number of hydrogen-bond donors (Lipinski definition) is 2. The molecule has 1 aliphatic rings. The maximum Gasteiger partial charge on any atom is 0.327 e. The van der Waals surface area contributed by atoms with Gasteiger partial charge in [-0.2, -0.15) is 0 Å². The van der Waals surface area contributed by atoms with Gasteiger partial charge in [0.2, 0.25) is 0 Å². The van der Waals surface area contributed by atoms with Crippen molar-refractivity contribution in [2.45, 2.75) is 12.5 Å². The molecule has 9 heteroatoms. The van der Waals surface area contributed by atoms with Gasteiger partial charge < -0.3 is 10.2 Å². The average molecular weight is 355 g/mol. The smallest absolute Gasteiger partial charge is 0.327 e. The molecule has 1 saturated heterocycles. The van der Waals surface area contributed by atoms with Gasteiger partial charge in [-0.05, 0) is 23.8 Å². The SMILES string of the molecule is O=C(O)C[C@H](C(=O)O)N1C(=O)/C(=C\c2cccc(F)c2)SC1=S. The summed E-state index contributed by atoms with van der Waals surface area (Å²) < 4.78 is 13.1. The minimum Gasteiger partial charge on any atom is -0.481 e. The Morgan fingerprint density at radius 3 is 2.65 bits per heavy atom. The Bertz CT molecular complexity index is 734. The second-order valence-corrected chi connectivity index (χ2v) is 6.23. The fraction of sp³-hybridized carbons (Fsp3) is 0.143. The van der Waals surface area contributed by atoms with Crippen molar-refractivity contribution in [3.05, 3.63) is 40.6 Å². The third-order valence-electron chi connectivity index (χ3n) is 2.93. The van der Waals surface area contributed by atoms with Crippen LogP contribution in [0.5, 0.6) is 0 Å². The molecule has 1 heterocycles. The first-order valence-corrected chi connectivity index (χ1v) is 7.49. The lowest BCUT2D eigenvalue weighted by Crippen LogP contribution is -2.45. The second kappa shape index (κ2) is 6.88. The van der Waals surface area contributed by atoms with E-state index in [1.165, 1.54) is 24.3 Å². The standard InChI is InChI=1S/C14H10FNO5S2/c15-8-3-1-2-7(4-8)5-10-12(19)16(14(22)23-10)9(13(20)21)6-11(17)18/h1-5,9H,6H2,(H,17,18)(H,20,21)/b10-5+/t9-/m1/s1. The molecule has 0 radical (unpaired) electrons. The van der Waals surface area contributed by atoms with Gasteiger partial charge in [0.1, 0.15) is 16.2 Å². The van der Waals surface area contributed by atoms with Gasteiger partial charge in [-0.1, -0.05) is 36.1 Å². The summed E-state index contributed by atoms with van der Waals surface area (Å²) in [5.41, 5.74) is 0.413. The van der Waals surface area contributed by atoms with Crippen molar-refractivity contribution >= 4 is 52.2 Å². The van der Waals surface area contributed by atoms with E-state index in [9.17, 15) is 18.8 Å². The topological polar surface area (TPSA) is 94.9 Å². The van der Waals surface area contributed by atoms with Crippen LogP contribution in [0.15, 0.2) is 29.2 Å². The van der Waals surface area contributed by atoms with Crippen molar-refractivity contribution in [3.8, 4) is 0 Å². The van der Waals surface area contributed by atoms with Crippen molar-refractivity contribution < 1.29 is 29.0 Å². The lowest BCUT2D eigenvalue weighted by atomic mass is 10.1. The number of benzene rings is 1. The first kappa shape index (κ1) is 17.1. The van der Waals surface area contributed by atoms with E-state index in [-0.39, 0.29) is 9.23 Å². The molecule has 0 unspecified atom stereocenters. The number of thiocarbonyl (C=S) groups is 1. The van der Waals surface area contributed by atoms with E-state index in [0.717, 1.165) is 16.7 Å². The van der Waals surface area contributed by atoms with Crippen LogP contribution in [0.1, 0.15) is 12.0 Å². The van der Waals surface area contributed by atoms with Crippen molar-refractivity contribution in [1.29, 1.82) is 0 Å². The fourth-order valence-corrected chi connectivity index (χ4v) is 3.31. The van der Waals surface area contributed by atoms with E-state index >= 15 is 0 Å². The van der Waals surface area contributed by atoms with Crippen LogP contribution >= 0.6 is 24.0 Å². The van der Waals surface area contributed by atoms with E-state index in [4.69, 9.17) is 22.4 Å². The van der Waals surface area contributed by atoms with E-state index in [2.05, 4.69) is 0 Å². The zero-order chi connectivity index (χ0) is 17.1. The van der Waals surface area contributed by atoms with Gasteiger partial charge in [0.15, 0.2) is 0 Å². The molecule has 0 aliphatic carbocycles. The van der Waals surface area contributed by atoms with E-state index < -0.39 is 36.1 Å². The van der Waals surface area contributed by atoms with Crippen molar-refractivity contribution in [2.75, 3.05) is 0 Å². The van der Waals surface area contributed by atoms with Crippen molar-refractivity contribution in [1.82, 2.24) is 4.90 Å². The second-order valence-electron chi connectivity index (χ2n) is 4.56. The highest BCUT2D eigenvalue weighted by Gasteiger charge is 2.41. The Labute approximate surface area is 139 Å². The number of rotatable bonds is 5. The number of carboxylic acid groups (broad SMARTS) is 2. The van der Waals surface area contributed by atoms with Crippen LogP contribution in [0.25, 0.3) is 6.08 Å². The largest absolute Gasteiger partial charge is 0.481 e. The lowest BCUT2D eigenvalue weighted by Gasteiger charge is -2.21. The predicted octanol–water partition coefficient (Wildman–Crippen LogP) is 1.95. The van der Waals surface area contributed by atoms with Crippen LogP contribution < -0.4 is 0 Å². The lowest BCUT2D eigenvalue weighted by molar-refractivity contribution is -0.150. The first-order chi connectivity index (χ1) is 10.8. The molecule has 1 amide bonds. The Kier molecular flexibility index (Phi) is 5.12. The Hall–Kier alpha value is -2.26. The molecule has 1 aromatic rings. The number of thioether (sulfide) groups is 1. The van der Waals surface area contributed by atoms with Crippen LogP contribution in [0.3, 0.4) is 0 Å². The Balaban J connectivity index is 2.32. The van der Waals surface area contributed by atoms with Crippen LogP contribution in [-0.4, -0.2) is 43.3 Å². The summed E-state index contributed by atoms with van der Waals surface area (Å²) in [7, 11) is 0. The molecule has 120 valence electrons. The summed E-state index contributed by atoms with van der Waals surface area (Å²) in [5.74, 6) is -4.02. The molecule has 1 fully saturated rings. The number of halogens is 1. The van der Waals surface area contributed by atoms with Gasteiger partial charge in [0, 0.05) is 0 Å². The van der Waals surface area contributed by atoms with Crippen molar-refractivity contribution in [3.63, 3.8) is 0 Å². The number of hydrogen-bond acceptors (Lipinski definition) is 5. The minimum atomic E-state index is -1.58. The highest BCUT2D eigenvalue weighted by Crippen LogP contribution is 2.34. The van der Waals surface area contributed by atoms with Gasteiger partial charge in [0.25, 0.3) is 5.91 Å². The predicted molar refractivity (Wildman–Crippen MR) is 85.1 cm³/mol. The molecule has 0 saturated carbocycles. The molecule has 0 spiro atoms. The summed E-state index contributed by atoms with van der Waals surface area (Å²) in [6.07, 6.45) is 0.608. The third-order valence-corrected chi connectivity index (χ3v) is 4.27. The summed E-state index contributed by atoms with van der Waals surface area (Å²) >= 11 is 5.83. The maximum absolute atomic E-state index is 13.2. The Morgan fingerprint density at radius 1 is 1.39 bits per heavy atom. The molecule has 6 nitrogen and oxygen atoms in total. The zero-order valence-corrected chi connectivity index (χ0v) is 13.1. The number of aliphatic carboxylic acids is 2. The fourth-order valence-electron chi connectivity index (χ4n) is 1.95. The van der Waals surface area contributed by atoms with Gasteiger partial charge in [-0.25, -0.2) is 9.18 Å². The molecular formula is C14H10FNO5S2. The molecule has 2 N–H and O–H groups in total. The summed E-state index contributed by atoms with van der Waals surface area (Å²) in [5, 5.41) is 17.9. The number of amides is 1. The van der Waals surface area contributed by atoms with E-state index in [1.54, 1.807) is 6.07 Å². The molecule has 23 heavy (non-hydrogen) atoms. The van der Waals surface area contributed by atoms with Gasteiger partial charge >= 0.3 is 11.9 Å². The minimum absolute atomic E-state index is 0.0497. The van der Waals surface area contributed by atoms with Crippen LogP contribution in [0, 0.1) is 5.82 Å². The summed E-state index contributed by atoms with van der Waals surface area (Å²) in [6.45, 7) is 0. The number of nitrogens with zero attached hydrogens (tertiary/aromatic N) is 1. The van der Waals surface area contributed by atoms with E-state index in [0.29, 0.717) is 5.56 Å². The monoisotopic (exact) mass is 355 g/mol. The maximum atomic E-state index is 13.2. The molecule has 1 atom stereocenters. The quantitative estimate of drug-likeness (QED) is 0.616. The molecule has 0 aromatic heterocycles. The summed E-state index contributed by atoms with van der Waals surface area (Å²) in [6, 6.07) is 3.90. The molecule has 2 rings (SSSR count). The Morgan fingerprint density at radius 2 is 2.09 bits per heavy atom. The average Bonchev–Trinajstić information content (AvgIpc) is 2.71. The van der Waals surface area contributed by atoms with Crippen LogP contribution in [0.2, 0.25) is 0 Å². The van der Waals surface area contributed by atoms with Gasteiger partial charge in [-0.3, -0.25) is 14.5 Å². The zero-order valence-electron chi connectivity index (χ0n) is 11.4.